The van der Waals surface area contributed by atoms with E-state index in [9.17, 15) is 4.79 Å². The monoisotopic (exact) mass is 454 g/mol. The van der Waals surface area contributed by atoms with Gasteiger partial charge in [-0.1, -0.05) is 0 Å². The smallest absolute Gasteiger partial charge is 0.253 e. The zero-order valence-electron chi connectivity index (χ0n) is 16.3. The highest BCUT2D eigenvalue weighted by molar-refractivity contribution is 9.10. The van der Waals surface area contributed by atoms with E-state index in [2.05, 4.69) is 38.1 Å². The van der Waals surface area contributed by atoms with Gasteiger partial charge in [0, 0.05) is 43.6 Å². The summed E-state index contributed by atoms with van der Waals surface area (Å²) in [5, 5.41) is 4.27. The Morgan fingerprint density at radius 2 is 1.69 bits per heavy atom. The number of rotatable bonds is 4. The van der Waals surface area contributed by atoms with Crippen molar-refractivity contribution >= 4 is 27.5 Å². The molecule has 1 aromatic heterocycles. The molecule has 3 aromatic rings. The third kappa shape index (κ3) is 4.45. The van der Waals surface area contributed by atoms with Crippen molar-refractivity contribution in [2.75, 3.05) is 38.2 Å². The summed E-state index contributed by atoms with van der Waals surface area (Å²) in [6, 6.07) is 15.7. The van der Waals surface area contributed by atoms with Crippen LogP contribution in [0.3, 0.4) is 0 Å². The van der Waals surface area contributed by atoms with Gasteiger partial charge in [-0.25, -0.2) is 4.68 Å². The maximum atomic E-state index is 13.0. The molecule has 0 atom stereocenters. The third-order valence-electron chi connectivity index (χ3n) is 5.15. The number of methoxy groups -OCH3 is 1. The van der Waals surface area contributed by atoms with E-state index in [-0.39, 0.29) is 5.91 Å². The molecule has 4 rings (SSSR count). The van der Waals surface area contributed by atoms with Crippen LogP contribution < -0.4 is 9.64 Å². The van der Waals surface area contributed by atoms with Gasteiger partial charge in [-0.05, 0) is 70.9 Å². The Bertz CT molecular complexity index is 969. The first-order valence-electron chi connectivity index (χ1n) is 9.63. The van der Waals surface area contributed by atoms with E-state index < -0.39 is 0 Å². The highest BCUT2D eigenvalue weighted by Gasteiger charge is 2.20. The van der Waals surface area contributed by atoms with Crippen LogP contribution in [-0.4, -0.2) is 53.9 Å². The summed E-state index contributed by atoms with van der Waals surface area (Å²) >= 11 is 3.40. The molecule has 0 aliphatic carbocycles. The second kappa shape index (κ2) is 8.69. The van der Waals surface area contributed by atoms with Gasteiger partial charge in [0.1, 0.15) is 5.75 Å². The number of benzene rings is 2. The Hall–Kier alpha value is -2.80. The summed E-state index contributed by atoms with van der Waals surface area (Å²) in [5.74, 6) is 0.932. The van der Waals surface area contributed by atoms with Gasteiger partial charge in [-0.3, -0.25) is 4.79 Å². The van der Waals surface area contributed by atoms with Gasteiger partial charge in [0.05, 0.1) is 23.5 Å². The number of hydrogen-bond donors (Lipinski definition) is 0. The molecular weight excluding hydrogens is 432 g/mol. The number of carbonyl (C=O) groups is 1. The Kier molecular flexibility index (Phi) is 5.85. The highest BCUT2D eigenvalue weighted by Crippen LogP contribution is 2.21. The molecule has 7 heteroatoms. The first-order valence-corrected chi connectivity index (χ1v) is 10.4. The van der Waals surface area contributed by atoms with Crippen LogP contribution >= 0.6 is 15.9 Å². The van der Waals surface area contributed by atoms with Crippen molar-refractivity contribution in [1.82, 2.24) is 14.7 Å². The average molecular weight is 455 g/mol. The molecule has 0 bridgehead atoms. The van der Waals surface area contributed by atoms with Crippen LogP contribution in [0.4, 0.5) is 5.69 Å². The molecule has 6 nitrogen and oxygen atoms in total. The van der Waals surface area contributed by atoms with Crippen LogP contribution in [0.5, 0.6) is 5.75 Å². The quantitative estimate of drug-likeness (QED) is 0.597. The predicted octanol–water partition coefficient (Wildman–Crippen LogP) is 4.00. The molecule has 0 radical (unpaired) electrons. The fourth-order valence-electron chi connectivity index (χ4n) is 3.55. The van der Waals surface area contributed by atoms with Gasteiger partial charge in [0.15, 0.2) is 0 Å². The first-order chi connectivity index (χ1) is 14.1. The molecule has 0 spiro atoms. The van der Waals surface area contributed by atoms with Crippen molar-refractivity contribution in [3.05, 3.63) is 71.0 Å². The molecule has 150 valence electrons. The largest absolute Gasteiger partial charge is 0.497 e. The van der Waals surface area contributed by atoms with E-state index in [1.807, 2.05) is 47.5 Å². The minimum absolute atomic E-state index is 0.0785. The molecule has 1 amide bonds. The van der Waals surface area contributed by atoms with Crippen molar-refractivity contribution in [2.45, 2.75) is 6.42 Å². The molecule has 29 heavy (non-hydrogen) atoms. The topological polar surface area (TPSA) is 50.6 Å². The molecule has 1 aliphatic rings. The average Bonchev–Trinajstić information content (AvgIpc) is 3.05. The lowest BCUT2D eigenvalue weighted by Gasteiger charge is -2.24. The molecule has 0 N–H and O–H groups in total. The Morgan fingerprint density at radius 1 is 0.966 bits per heavy atom. The summed E-state index contributed by atoms with van der Waals surface area (Å²) in [6.07, 6.45) is 4.57. The van der Waals surface area contributed by atoms with E-state index in [4.69, 9.17) is 4.74 Å². The van der Waals surface area contributed by atoms with E-state index in [0.717, 1.165) is 47.7 Å². The summed E-state index contributed by atoms with van der Waals surface area (Å²) in [7, 11) is 1.67. The van der Waals surface area contributed by atoms with Crippen LogP contribution in [-0.2, 0) is 0 Å². The first kappa shape index (κ1) is 19.5. The number of anilines is 1. The van der Waals surface area contributed by atoms with Gasteiger partial charge in [0.2, 0.25) is 0 Å². The van der Waals surface area contributed by atoms with Crippen LogP contribution in [0.2, 0.25) is 0 Å². The predicted molar refractivity (Wildman–Crippen MR) is 117 cm³/mol. The second-order valence-electron chi connectivity index (χ2n) is 6.98. The number of hydrogen-bond acceptors (Lipinski definition) is 4. The van der Waals surface area contributed by atoms with Crippen molar-refractivity contribution in [2.24, 2.45) is 0 Å². The van der Waals surface area contributed by atoms with Crippen LogP contribution in [0, 0.1) is 0 Å². The Balaban J connectivity index is 1.41. The molecule has 0 unspecified atom stereocenters. The minimum Gasteiger partial charge on any atom is -0.497 e. The molecule has 2 heterocycles. The molecular formula is C22H23BrN4O2. The van der Waals surface area contributed by atoms with Crippen LogP contribution in [0.1, 0.15) is 16.8 Å². The third-order valence-corrected chi connectivity index (χ3v) is 5.56. The fourth-order valence-corrected chi connectivity index (χ4v) is 3.84. The van der Waals surface area contributed by atoms with E-state index in [0.29, 0.717) is 12.1 Å². The molecule has 1 aliphatic heterocycles. The maximum Gasteiger partial charge on any atom is 0.253 e. The lowest BCUT2D eigenvalue weighted by atomic mass is 10.1. The van der Waals surface area contributed by atoms with Gasteiger partial charge < -0.3 is 14.5 Å². The SMILES string of the molecule is COc1ccc(N2CCCN(C(=O)c3ccc(-n4cc(Br)cn4)cc3)CC2)cc1. The van der Waals surface area contributed by atoms with E-state index in [1.54, 1.807) is 18.0 Å². The molecule has 1 fully saturated rings. The highest BCUT2D eigenvalue weighted by atomic mass is 79.9. The lowest BCUT2D eigenvalue weighted by Crippen LogP contribution is -2.35. The summed E-state index contributed by atoms with van der Waals surface area (Å²) < 4.78 is 7.93. The number of halogens is 1. The number of aromatic nitrogens is 2. The maximum absolute atomic E-state index is 13.0. The minimum atomic E-state index is 0.0785. The van der Waals surface area contributed by atoms with E-state index >= 15 is 0 Å². The van der Waals surface area contributed by atoms with Crippen molar-refractivity contribution < 1.29 is 9.53 Å². The Morgan fingerprint density at radius 3 is 2.34 bits per heavy atom. The standard InChI is InChI=1S/C22H23BrN4O2/c1-29-21-9-7-19(8-10-21)25-11-2-12-26(14-13-25)22(28)17-3-5-20(6-4-17)27-16-18(23)15-24-27/h3-10,15-16H,2,11-14H2,1H3. The van der Waals surface area contributed by atoms with Gasteiger partial charge in [-0.2, -0.15) is 5.10 Å². The molecule has 0 saturated carbocycles. The number of amides is 1. The van der Waals surface area contributed by atoms with Gasteiger partial charge in [-0.15, -0.1) is 0 Å². The summed E-state index contributed by atoms with van der Waals surface area (Å²) in [4.78, 5) is 17.3. The number of carbonyl (C=O) groups excluding carboxylic acids is 1. The zero-order chi connectivity index (χ0) is 20.2. The van der Waals surface area contributed by atoms with Crippen LogP contribution in [0.25, 0.3) is 5.69 Å². The summed E-state index contributed by atoms with van der Waals surface area (Å²) in [6.45, 7) is 3.22. The van der Waals surface area contributed by atoms with Crippen molar-refractivity contribution in [1.29, 1.82) is 0 Å². The number of nitrogens with zero attached hydrogens (tertiary/aromatic N) is 4. The normalized spacial score (nSPS) is 14.6. The summed E-state index contributed by atoms with van der Waals surface area (Å²) in [5.41, 5.74) is 2.79. The lowest BCUT2D eigenvalue weighted by molar-refractivity contribution is 0.0767. The molecule has 1 saturated heterocycles. The fraction of sp³-hybridized carbons (Fsp3) is 0.273. The van der Waals surface area contributed by atoms with Gasteiger partial charge >= 0.3 is 0 Å². The Labute approximate surface area is 178 Å². The second-order valence-corrected chi connectivity index (χ2v) is 7.90. The van der Waals surface area contributed by atoms with Gasteiger partial charge in [0.25, 0.3) is 5.91 Å². The zero-order valence-corrected chi connectivity index (χ0v) is 17.9. The van der Waals surface area contributed by atoms with Crippen molar-refractivity contribution in [3.8, 4) is 11.4 Å². The van der Waals surface area contributed by atoms with Crippen LogP contribution in [0.15, 0.2) is 65.4 Å². The molecule has 2 aromatic carbocycles. The van der Waals surface area contributed by atoms with E-state index in [1.165, 1.54) is 0 Å². The number of ether oxygens (including phenoxy) is 1. The van der Waals surface area contributed by atoms with Crippen molar-refractivity contribution in [3.63, 3.8) is 0 Å².